The van der Waals surface area contributed by atoms with E-state index >= 15 is 0 Å². The molecular formula is C20H30N2O6S. The van der Waals surface area contributed by atoms with Crippen LogP contribution in [0, 0.1) is 0 Å². The molecule has 1 amide bonds. The topological polar surface area (TPSA) is 85.4 Å². The molecule has 0 saturated carbocycles. The molecule has 162 valence electrons. The number of hydrogen-bond acceptors (Lipinski definition) is 6. The molecule has 9 heteroatoms. The van der Waals surface area contributed by atoms with E-state index in [1.807, 2.05) is 0 Å². The van der Waals surface area contributed by atoms with Crippen molar-refractivity contribution >= 4 is 15.9 Å². The van der Waals surface area contributed by atoms with Crippen molar-refractivity contribution < 1.29 is 27.4 Å². The molecule has 2 fully saturated rings. The van der Waals surface area contributed by atoms with Crippen LogP contribution in [0.4, 0.5) is 0 Å². The minimum absolute atomic E-state index is 0.160. The Bertz CT molecular complexity index is 735. The molecule has 2 saturated heterocycles. The van der Waals surface area contributed by atoms with Crippen LogP contribution >= 0.6 is 0 Å². The first-order valence-electron chi connectivity index (χ1n) is 10.2. The van der Waals surface area contributed by atoms with Gasteiger partial charge in [0, 0.05) is 31.7 Å². The van der Waals surface area contributed by atoms with E-state index in [0.29, 0.717) is 71.4 Å². The molecule has 0 unspecified atom stereocenters. The number of carbonyl (C=O) groups excluding carboxylic acids is 1. The van der Waals surface area contributed by atoms with E-state index in [-0.39, 0.29) is 10.8 Å². The fraction of sp³-hybridized carbons (Fsp3) is 0.650. The van der Waals surface area contributed by atoms with Gasteiger partial charge in [0.1, 0.15) is 0 Å². The number of amides is 1. The van der Waals surface area contributed by atoms with Crippen LogP contribution in [-0.4, -0.2) is 89.4 Å². The van der Waals surface area contributed by atoms with E-state index in [9.17, 15) is 13.2 Å². The van der Waals surface area contributed by atoms with E-state index < -0.39 is 10.0 Å². The zero-order valence-corrected chi connectivity index (χ0v) is 17.6. The lowest BCUT2D eigenvalue weighted by molar-refractivity contribution is -0.00434. The second-order valence-corrected chi connectivity index (χ2v) is 9.06. The first-order chi connectivity index (χ1) is 14.1. The average molecular weight is 427 g/mol. The summed E-state index contributed by atoms with van der Waals surface area (Å²) in [5.41, 5.74) is 0.457. The lowest BCUT2D eigenvalue weighted by atomic mass is 10.2. The zero-order valence-electron chi connectivity index (χ0n) is 16.8. The summed E-state index contributed by atoms with van der Waals surface area (Å²) in [5.74, 6) is -0.160. The van der Waals surface area contributed by atoms with E-state index in [2.05, 4.69) is 0 Å². The molecule has 0 bridgehead atoms. The standard InChI is InChI=1S/C20H30N2O6S/c23-20(21-10-12-26-14-16-28-17-15-27-13-11-21)18-4-6-19(7-5-18)29(24,25)22-8-2-1-3-9-22/h4-7H,1-3,8-17H2. The van der Waals surface area contributed by atoms with Gasteiger partial charge in [0.25, 0.3) is 5.91 Å². The third-order valence-electron chi connectivity index (χ3n) is 5.10. The average Bonchev–Trinajstić information content (AvgIpc) is 2.74. The Morgan fingerprint density at radius 2 is 1.24 bits per heavy atom. The van der Waals surface area contributed by atoms with Crippen LogP contribution in [-0.2, 0) is 24.2 Å². The lowest BCUT2D eigenvalue weighted by Crippen LogP contribution is -2.37. The SMILES string of the molecule is O=C(c1ccc(S(=O)(=O)N2CCCCC2)cc1)N1CCOCCOCCOCC1. The summed E-state index contributed by atoms with van der Waals surface area (Å²) in [6.07, 6.45) is 2.85. The fourth-order valence-electron chi connectivity index (χ4n) is 3.41. The molecular weight excluding hydrogens is 396 g/mol. The highest BCUT2D eigenvalue weighted by Gasteiger charge is 2.26. The van der Waals surface area contributed by atoms with Crippen molar-refractivity contribution in [2.45, 2.75) is 24.2 Å². The molecule has 0 spiro atoms. The number of nitrogens with zero attached hydrogens (tertiary/aromatic N) is 2. The highest BCUT2D eigenvalue weighted by atomic mass is 32.2. The molecule has 1 aromatic carbocycles. The summed E-state index contributed by atoms with van der Waals surface area (Å²) in [7, 11) is -3.50. The van der Waals surface area contributed by atoms with Crippen molar-refractivity contribution in [2.24, 2.45) is 0 Å². The maximum absolute atomic E-state index is 12.9. The Balaban J connectivity index is 1.65. The first kappa shape index (κ1) is 22.2. The minimum Gasteiger partial charge on any atom is -0.377 e. The number of carbonyl (C=O) groups is 1. The molecule has 2 aliphatic heterocycles. The normalized spacial score (nSPS) is 21.2. The van der Waals surface area contributed by atoms with Crippen LogP contribution < -0.4 is 0 Å². The van der Waals surface area contributed by atoms with Gasteiger partial charge >= 0.3 is 0 Å². The van der Waals surface area contributed by atoms with Crippen molar-refractivity contribution in [1.29, 1.82) is 0 Å². The molecule has 0 aliphatic carbocycles. The van der Waals surface area contributed by atoms with Gasteiger partial charge < -0.3 is 19.1 Å². The summed E-state index contributed by atoms with van der Waals surface area (Å²) in [6, 6.07) is 6.23. The van der Waals surface area contributed by atoms with E-state index in [1.165, 1.54) is 16.4 Å². The Kier molecular flexibility index (Phi) is 8.43. The molecule has 0 radical (unpaired) electrons. The molecule has 1 aromatic rings. The van der Waals surface area contributed by atoms with Crippen molar-refractivity contribution in [2.75, 3.05) is 65.8 Å². The summed E-state index contributed by atoms with van der Waals surface area (Å²) < 4.78 is 43.4. The number of benzene rings is 1. The predicted octanol–water partition coefficient (Wildman–Crippen LogP) is 1.37. The van der Waals surface area contributed by atoms with Crippen molar-refractivity contribution in [3.05, 3.63) is 29.8 Å². The Morgan fingerprint density at radius 1 is 0.724 bits per heavy atom. The molecule has 2 heterocycles. The minimum atomic E-state index is -3.50. The van der Waals surface area contributed by atoms with Crippen molar-refractivity contribution in [3.63, 3.8) is 0 Å². The van der Waals surface area contributed by atoms with Gasteiger partial charge in [-0.1, -0.05) is 6.42 Å². The number of piperidine rings is 1. The first-order valence-corrected chi connectivity index (χ1v) is 11.7. The van der Waals surface area contributed by atoms with E-state index in [0.717, 1.165) is 19.3 Å². The maximum atomic E-state index is 12.9. The maximum Gasteiger partial charge on any atom is 0.254 e. The van der Waals surface area contributed by atoms with Crippen LogP contribution in [0.2, 0.25) is 0 Å². The Labute approximate surface area is 172 Å². The number of hydrogen-bond donors (Lipinski definition) is 0. The molecule has 0 N–H and O–H groups in total. The van der Waals surface area contributed by atoms with Crippen LogP contribution in [0.5, 0.6) is 0 Å². The fourth-order valence-corrected chi connectivity index (χ4v) is 4.93. The van der Waals surface area contributed by atoms with Gasteiger partial charge in [-0.3, -0.25) is 4.79 Å². The molecule has 0 atom stereocenters. The highest BCUT2D eigenvalue weighted by Crippen LogP contribution is 2.21. The highest BCUT2D eigenvalue weighted by molar-refractivity contribution is 7.89. The van der Waals surface area contributed by atoms with Crippen LogP contribution in [0.3, 0.4) is 0 Å². The van der Waals surface area contributed by atoms with Crippen LogP contribution in [0.25, 0.3) is 0 Å². The summed E-state index contributed by atoms with van der Waals surface area (Å²) >= 11 is 0. The second-order valence-electron chi connectivity index (χ2n) is 7.12. The third-order valence-corrected chi connectivity index (χ3v) is 7.01. The van der Waals surface area contributed by atoms with Gasteiger partial charge in [-0.25, -0.2) is 8.42 Å². The Hall–Kier alpha value is -1.52. The van der Waals surface area contributed by atoms with Crippen LogP contribution in [0.1, 0.15) is 29.6 Å². The van der Waals surface area contributed by atoms with Gasteiger partial charge in [0.05, 0.1) is 44.5 Å². The smallest absolute Gasteiger partial charge is 0.254 e. The summed E-state index contributed by atoms with van der Waals surface area (Å²) in [6.45, 7) is 4.79. The zero-order chi connectivity index (χ0) is 20.5. The largest absolute Gasteiger partial charge is 0.377 e. The predicted molar refractivity (Wildman–Crippen MR) is 107 cm³/mol. The van der Waals surface area contributed by atoms with Crippen LogP contribution in [0.15, 0.2) is 29.2 Å². The second kappa shape index (κ2) is 11.0. The number of ether oxygens (including phenoxy) is 3. The van der Waals surface area contributed by atoms with E-state index in [4.69, 9.17) is 14.2 Å². The van der Waals surface area contributed by atoms with Gasteiger partial charge in [0.15, 0.2) is 0 Å². The van der Waals surface area contributed by atoms with Gasteiger partial charge in [-0.05, 0) is 37.1 Å². The molecule has 3 rings (SSSR count). The number of rotatable bonds is 3. The summed E-state index contributed by atoms with van der Waals surface area (Å²) in [4.78, 5) is 14.8. The quantitative estimate of drug-likeness (QED) is 0.726. The third kappa shape index (κ3) is 6.23. The molecule has 2 aliphatic rings. The molecule has 29 heavy (non-hydrogen) atoms. The van der Waals surface area contributed by atoms with Gasteiger partial charge in [0.2, 0.25) is 10.0 Å². The Morgan fingerprint density at radius 3 is 1.79 bits per heavy atom. The van der Waals surface area contributed by atoms with Gasteiger partial charge in [-0.15, -0.1) is 0 Å². The lowest BCUT2D eigenvalue weighted by Gasteiger charge is -2.26. The molecule has 0 aromatic heterocycles. The molecule has 8 nitrogen and oxygen atoms in total. The monoisotopic (exact) mass is 426 g/mol. The van der Waals surface area contributed by atoms with E-state index in [1.54, 1.807) is 17.0 Å². The van der Waals surface area contributed by atoms with Crippen molar-refractivity contribution in [1.82, 2.24) is 9.21 Å². The van der Waals surface area contributed by atoms with Gasteiger partial charge in [-0.2, -0.15) is 4.31 Å². The summed E-state index contributed by atoms with van der Waals surface area (Å²) in [5, 5.41) is 0. The number of sulfonamides is 1. The van der Waals surface area contributed by atoms with Crippen molar-refractivity contribution in [3.8, 4) is 0 Å².